The summed E-state index contributed by atoms with van der Waals surface area (Å²) < 4.78 is 4.94. The van der Waals surface area contributed by atoms with Crippen molar-refractivity contribution >= 4 is 29.0 Å². The molecule has 1 saturated heterocycles. The van der Waals surface area contributed by atoms with Gasteiger partial charge in [0.1, 0.15) is 11.6 Å². The van der Waals surface area contributed by atoms with Gasteiger partial charge in [0.25, 0.3) is 5.91 Å². The van der Waals surface area contributed by atoms with Gasteiger partial charge in [-0.2, -0.15) is 4.98 Å². The average molecular weight is 392 g/mol. The number of benzene rings is 1. The highest BCUT2D eigenvalue weighted by atomic mass is 16.5. The first-order valence-corrected chi connectivity index (χ1v) is 9.79. The second kappa shape index (κ2) is 8.30. The number of carbonyl (C=O) groups excluding carboxylic acids is 1. The van der Waals surface area contributed by atoms with Gasteiger partial charge < -0.3 is 20.1 Å². The Kier molecular flexibility index (Phi) is 5.41. The fraction of sp³-hybridized carbons (Fsp3) is 0.333. The number of hydrogen-bond donors (Lipinski definition) is 2. The van der Waals surface area contributed by atoms with Crippen molar-refractivity contribution in [1.29, 1.82) is 0 Å². The summed E-state index contributed by atoms with van der Waals surface area (Å²) in [6.07, 6.45) is 3.63. The van der Waals surface area contributed by atoms with Gasteiger partial charge >= 0.3 is 0 Å². The third-order valence-corrected chi connectivity index (χ3v) is 4.76. The monoisotopic (exact) mass is 392 g/mol. The summed E-state index contributed by atoms with van der Waals surface area (Å²) in [4.78, 5) is 23.7. The van der Waals surface area contributed by atoms with Gasteiger partial charge in [-0.3, -0.25) is 4.79 Å². The van der Waals surface area contributed by atoms with Gasteiger partial charge in [0.2, 0.25) is 5.95 Å². The molecule has 150 valence electrons. The fourth-order valence-corrected chi connectivity index (χ4v) is 3.31. The molecule has 1 aliphatic heterocycles. The molecule has 4 rings (SSSR count). The molecular formula is C21H24N6O2. The molecule has 3 heterocycles. The van der Waals surface area contributed by atoms with E-state index in [4.69, 9.17) is 4.52 Å². The molecule has 1 amide bonds. The van der Waals surface area contributed by atoms with Crippen LogP contribution in [0, 0.1) is 13.8 Å². The summed E-state index contributed by atoms with van der Waals surface area (Å²) in [7, 11) is 0. The molecule has 8 nitrogen and oxygen atoms in total. The molecule has 0 atom stereocenters. The molecule has 8 heteroatoms. The van der Waals surface area contributed by atoms with Gasteiger partial charge in [0.05, 0.1) is 0 Å². The van der Waals surface area contributed by atoms with Crippen LogP contribution in [0.4, 0.5) is 23.1 Å². The summed E-state index contributed by atoms with van der Waals surface area (Å²) >= 11 is 0. The van der Waals surface area contributed by atoms with Gasteiger partial charge in [-0.05, 0) is 57.4 Å². The zero-order valence-corrected chi connectivity index (χ0v) is 16.6. The summed E-state index contributed by atoms with van der Waals surface area (Å²) in [6.45, 7) is 5.73. The maximum absolute atomic E-state index is 12.2. The number of hydrogen-bond acceptors (Lipinski definition) is 7. The molecule has 2 N–H and O–H groups in total. The van der Waals surface area contributed by atoms with E-state index in [1.165, 1.54) is 19.3 Å². The lowest BCUT2D eigenvalue weighted by Gasteiger charge is -2.27. The highest BCUT2D eigenvalue weighted by molar-refractivity contribution is 6.02. The van der Waals surface area contributed by atoms with Crippen molar-refractivity contribution in [2.75, 3.05) is 28.6 Å². The molecule has 1 fully saturated rings. The van der Waals surface area contributed by atoms with Crippen LogP contribution >= 0.6 is 0 Å². The molecular weight excluding hydrogens is 368 g/mol. The number of rotatable bonds is 5. The maximum Gasteiger partial charge on any atom is 0.277 e. The molecule has 1 aromatic carbocycles. The van der Waals surface area contributed by atoms with E-state index in [1.807, 2.05) is 37.3 Å². The van der Waals surface area contributed by atoms with Crippen molar-refractivity contribution in [1.82, 2.24) is 15.1 Å². The van der Waals surface area contributed by atoms with Crippen LogP contribution < -0.4 is 15.5 Å². The second-order valence-electron chi connectivity index (χ2n) is 7.22. The van der Waals surface area contributed by atoms with Crippen molar-refractivity contribution in [2.45, 2.75) is 33.1 Å². The summed E-state index contributed by atoms with van der Waals surface area (Å²) in [6, 6.07) is 11.0. The third-order valence-electron chi connectivity index (χ3n) is 4.76. The summed E-state index contributed by atoms with van der Waals surface area (Å²) in [5, 5.41) is 9.85. The largest absolute Gasteiger partial charge is 0.361 e. The van der Waals surface area contributed by atoms with Gasteiger partial charge in [0.15, 0.2) is 5.69 Å². The molecule has 3 aromatic rings. The Morgan fingerprint density at radius 2 is 1.72 bits per heavy atom. The number of piperidine rings is 1. The Labute approximate surface area is 169 Å². The molecule has 29 heavy (non-hydrogen) atoms. The Hall–Kier alpha value is -3.42. The van der Waals surface area contributed by atoms with Crippen molar-refractivity contribution in [3.05, 3.63) is 53.5 Å². The molecule has 0 aliphatic carbocycles. The average Bonchev–Trinajstić information content (AvgIpc) is 3.16. The lowest BCUT2D eigenvalue weighted by Crippen LogP contribution is -2.31. The van der Waals surface area contributed by atoms with E-state index in [9.17, 15) is 4.79 Å². The van der Waals surface area contributed by atoms with Crippen molar-refractivity contribution in [3.8, 4) is 0 Å². The van der Waals surface area contributed by atoms with Gasteiger partial charge in [-0.15, -0.1) is 0 Å². The van der Waals surface area contributed by atoms with Crippen LogP contribution in [0.5, 0.6) is 0 Å². The lowest BCUT2D eigenvalue weighted by molar-refractivity contribution is 0.101. The minimum Gasteiger partial charge on any atom is -0.361 e. The zero-order chi connectivity index (χ0) is 20.2. The standard InChI is InChI=1S/C21H24N6O2/c1-14-12-19(25-21(22-14)27-10-4-3-5-11-27)23-16-6-8-17(9-7-16)24-20(28)18-13-15(2)29-26-18/h6-9,12-13H,3-5,10-11H2,1-2H3,(H,24,28)(H,22,23,25). The molecule has 0 radical (unpaired) electrons. The lowest BCUT2D eigenvalue weighted by atomic mass is 10.1. The van der Waals surface area contributed by atoms with Crippen molar-refractivity contribution in [3.63, 3.8) is 0 Å². The predicted octanol–water partition coefficient (Wildman–Crippen LogP) is 4.07. The minimum atomic E-state index is -0.305. The first-order chi connectivity index (χ1) is 14.1. The van der Waals surface area contributed by atoms with E-state index < -0.39 is 0 Å². The number of amides is 1. The number of aryl methyl sites for hydroxylation is 2. The second-order valence-corrected chi connectivity index (χ2v) is 7.22. The van der Waals surface area contributed by atoms with Gasteiger partial charge in [-0.25, -0.2) is 4.98 Å². The van der Waals surface area contributed by atoms with E-state index in [-0.39, 0.29) is 11.6 Å². The number of nitrogens with zero attached hydrogens (tertiary/aromatic N) is 4. The highest BCUT2D eigenvalue weighted by Crippen LogP contribution is 2.22. The molecule has 0 saturated carbocycles. The number of nitrogens with one attached hydrogen (secondary N) is 2. The SMILES string of the molecule is Cc1cc(Nc2ccc(NC(=O)c3cc(C)on3)cc2)nc(N2CCCCC2)n1. The van der Waals surface area contributed by atoms with E-state index in [1.54, 1.807) is 13.0 Å². The van der Waals surface area contributed by atoms with E-state index in [2.05, 4.69) is 30.7 Å². The van der Waals surface area contributed by atoms with Crippen LogP contribution in [-0.4, -0.2) is 34.1 Å². The molecule has 1 aliphatic rings. The Bertz CT molecular complexity index is 993. The summed E-state index contributed by atoms with van der Waals surface area (Å²) in [5.74, 6) is 1.82. The number of anilines is 4. The number of aromatic nitrogens is 3. The minimum absolute atomic E-state index is 0.256. The van der Waals surface area contributed by atoms with Crippen LogP contribution in [0.15, 0.2) is 40.9 Å². The number of carbonyl (C=O) groups is 1. The Balaban J connectivity index is 1.43. The first-order valence-electron chi connectivity index (χ1n) is 9.79. The summed E-state index contributed by atoms with van der Waals surface area (Å²) in [5.41, 5.74) is 2.73. The third kappa shape index (κ3) is 4.71. The normalized spacial score (nSPS) is 13.9. The van der Waals surface area contributed by atoms with Crippen molar-refractivity contribution < 1.29 is 9.32 Å². The predicted molar refractivity (Wildman–Crippen MR) is 112 cm³/mol. The van der Waals surface area contributed by atoms with Crippen molar-refractivity contribution in [2.24, 2.45) is 0 Å². The maximum atomic E-state index is 12.2. The van der Waals surface area contributed by atoms with E-state index in [0.717, 1.165) is 36.2 Å². The van der Waals surface area contributed by atoms with E-state index in [0.29, 0.717) is 11.4 Å². The molecule has 2 aromatic heterocycles. The Morgan fingerprint density at radius 3 is 2.41 bits per heavy atom. The van der Waals surface area contributed by atoms with Crippen LogP contribution in [0.25, 0.3) is 0 Å². The quantitative estimate of drug-likeness (QED) is 0.676. The van der Waals surface area contributed by atoms with Crippen LogP contribution in [0.3, 0.4) is 0 Å². The van der Waals surface area contributed by atoms with Crippen LogP contribution in [-0.2, 0) is 0 Å². The molecule has 0 spiro atoms. The fourth-order valence-electron chi connectivity index (χ4n) is 3.31. The Morgan fingerprint density at radius 1 is 1.00 bits per heavy atom. The smallest absolute Gasteiger partial charge is 0.277 e. The van der Waals surface area contributed by atoms with Crippen LogP contribution in [0.1, 0.15) is 41.2 Å². The van der Waals surface area contributed by atoms with E-state index >= 15 is 0 Å². The zero-order valence-electron chi connectivity index (χ0n) is 16.6. The first kappa shape index (κ1) is 18.9. The molecule has 0 bridgehead atoms. The van der Waals surface area contributed by atoms with Crippen LogP contribution in [0.2, 0.25) is 0 Å². The molecule has 0 unspecified atom stereocenters. The highest BCUT2D eigenvalue weighted by Gasteiger charge is 2.15. The van der Waals surface area contributed by atoms with Gasteiger partial charge in [0, 0.05) is 42.3 Å². The topological polar surface area (TPSA) is 96.2 Å². The van der Waals surface area contributed by atoms with Gasteiger partial charge in [-0.1, -0.05) is 5.16 Å².